The molecule has 9 nitrogen and oxygen atoms in total. The highest BCUT2D eigenvalue weighted by Crippen LogP contribution is 2.32. The Labute approximate surface area is 197 Å². The minimum atomic E-state index is -0.308. The molecule has 2 heterocycles. The van der Waals surface area contributed by atoms with Crippen LogP contribution in [0.25, 0.3) is 0 Å². The summed E-state index contributed by atoms with van der Waals surface area (Å²) in [5.74, 6) is 1.90. The highest BCUT2D eigenvalue weighted by atomic mass is 16.6. The molecule has 3 aromatic rings. The normalized spacial score (nSPS) is 12.2. The van der Waals surface area contributed by atoms with Crippen LogP contribution in [0, 0.1) is 13.8 Å². The van der Waals surface area contributed by atoms with Crippen molar-refractivity contribution in [3.63, 3.8) is 0 Å². The molecule has 0 atom stereocenters. The molecule has 0 unspecified atom stereocenters. The molecule has 2 amide bonds. The molecule has 178 valence electrons. The van der Waals surface area contributed by atoms with Crippen molar-refractivity contribution in [1.82, 2.24) is 10.1 Å². The third-order valence-electron chi connectivity index (χ3n) is 5.47. The fraction of sp³-hybridized carbons (Fsp3) is 0.320. The first-order valence-electron chi connectivity index (χ1n) is 11.1. The van der Waals surface area contributed by atoms with Crippen molar-refractivity contribution < 1.29 is 28.3 Å². The maximum Gasteiger partial charge on any atom is 0.254 e. The number of benzene rings is 2. The average molecular weight is 466 g/mol. The SMILES string of the molecule is CCN(CC(=O)Nc1ccc2c(c1)OCCO2)C(=O)c1cccc(OCc2c(C)noc2C)c1. The van der Waals surface area contributed by atoms with E-state index in [1.54, 1.807) is 42.5 Å². The van der Waals surface area contributed by atoms with Gasteiger partial charge in [-0.3, -0.25) is 9.59 Å². The van der Waals surface area contributed by atoms with Crippen molar-refractivity contribution in [3.05, 3.63) is 65.0 Å². The van der Waals surface area contributed by atoms with E-state index in [2.05, 4.69) is 10.5 Å². The molecule has 0 bridgehead atoms. The standard InChI is InChI=1S/C25H27N3O6/c1-4-28(14-24(29)26-19-8-9-22-23(13-19)32-11-10-31-22)25(30)18-6-5-7-20(12-18)33-15-21-16(2)27-34-17(21)3/h5-9,12-13H,4,10-11,14-15H2,1-3H3,(H,26,29). The summed E-state index contributed by atoms with van der Waals surface area (Å²) in [5, 5.41) is 6.73. The molecule has 1 N–H and O–H groups in total. The second-order valence-corrected chi connectivity index (χ2v) is 7.85. The molecule has 0 fully saturated rings. The lowest BCUT2D eigenvalue weighted by Crippen LogP contribution is -2.37. The van der Waals surface area contributed by atoms with Crippen LogP contribution in [0.15, 0.2) is 47.0 Å². The van der Waals surface area contributed by atoms with Crippen LogP contribution < -0.4 is 19.5 Å². The van der Waals surface area contributed by atoms with Crippen LogP contribution >= 0.6 is 0 Å². The Balaban J connectivity index is 1.38. The van der Waals surface area contributed by atoms with E-state index in [9.17, 15) is 9.59 Å². The lowest BCUT2D eigenvalue weighted by molar-refractivity contribution is -0.116. The van der Waals surface area contributed by atoms with Crippen molar-refractivity contribution in [2.75, 3.05) is 31.6 Å². The fourth-order valence-corrected chi connectivity index (χ4v) is 3.59. The van der Waals surface area contributed by atoms with E-state index in [1.165, 1.54) is 4.90 Å². The summed E-state index contributed by atoms with van der Waals surface area (Å²) < 4.78 is 22.1. The zero-order valence-electron chi connectivity index (χ0n) is 19.4. The number of ether oxygens (including phenoxy) is 3. The number of aryl methyl sites for hydroxylation is 2. The molecule has 1 aromatic heterocycles. The molecule has 9 heteroatoms. The van der Waals surface area contributed by atoms with E-state index in [0.717, 1.165) is 11.3 Å². The van der Waals surface area contributed by atoms with Crippen LogP contribution in [-0.4, -0.2) is 48.2 Å². The van der Waals surface area contributed by atoms with Crippen LogP contribution in [0.4, 0.5) is 5.69 Å². The van der Waals surface area contributed by atoms with Crippen LogP contribution in [0.2, 0.25) is 0 Å². The van der Waals surface area contributed by atoms with E-state index in [0.29, 0.717) is 54.0 Å². The zero-order chi connectivity index (χ0) is 24.1. The lowest BCUT2D eigenvalue weighted by Gasteiger charge is -2.22. The second kappa shape index (κ2) is 10.3. The van der Waals surface area contributed by atoms with Gasteiger partial charge in [0.2, 0.25) is 5.91 Å². The minimum absolute atomic E-state index is 0.0893. The van der Waals surface area contributed by atoms with Gasteiger partial charge in [-0.15, -0.1) is 0 Å². The number of amides is 2. The third-order valence-corrected chi connectivity index (χ3v) is 5.47. The predicted octanol–water partition coefficient (Wildman–Crippen LogP) is 3.74. The summed E-state index contributed by atoms with van der Waals surface area (Å²) in [7, 11) is 0. The van der Waals surface area contributed by atoms with Gasteiger partial charge >= 0.3 is 0 Å². The number of carbonyl (C=O) groups is 2. The van der Waals surface area contributed by atoms with Gasteiger partial charge in [0.15, 0.2) is 11.5 Å². The van der Waals surface area contributed by atoms with E-state index in [-0.39, 0.29) is 25.0 Å². The van der Waals surface area contributed by atoms with Gasteiger partial charge in [-0.2, -0.15) is 0 Å². The van der Waals surface area contributed by atoms with Gasteiger partial charge in [0.05, 0.1) is 11.3 Å². The van der Waals surface area contributed by atoms with Gasteiger partial charge in [-0.25, -0.2) is 0 Å². The third kappa shape index (κ3) is 5.31. The molecule has 1 aliphatic rings. The van der Waals surface area contributed by atoms with Gasteiger partial charge in [-0.1, -0.05) is 11.2 Å². The highest BCUT2D eigenvalue weighted by Gasteiger charge is 2.19. The average Bonchev–Trinajstić information content (AvgIpc) is 3.17. The summed E-state index contributed by atoms with van der Waals surface area (Å²) in [6.45, 7) is 7.03. The Hall–Kier alpha value is -4.01. The Morgan fingerprint density at radius 1 is 1.09 bits per heavy atom. The molecule has 1 aliphatic heterocycles. The van der Waals surface area contributed by atoms with E-state index >= 15 is 0 Å². The van der Waals surface area contributed by atoms with E-state index < -0.39 is 0 Å². The molecule has 0 aliphatic carbocycles. The molecule has 4 rings (SSSR count). The Kier molecular flexibility index (Phi) is 7.01. The smallest absolute Gasteiger partial charge is 0.254 e. The molecule has 34 heavy (non-hydrogen) atoms. The fourth-order valence-electron chi connectivity index (χ4n) is 3.59. The van der Waals surface area contributed by atoms with Gasteiger partial charge < -0.3 is 29.0 Å². The quantitative estimate of drug-likeness (QED) is 0.540. The number of nitrogens with one attached hydrogen (secondary N) is 1. The monoisotopic (exact) mass is 465 g/mol. The van der Waals surface area contributed by atoms with E-state index in [4.69, 9.17) is 18.7 Å². The number of likely N-dealkylation sites (N-methyl/N-ethyl adjacent to an activating group) is 1. The maximum atomic E-state index is 13.1. The van der Waals surface area contributed by atoms with Crippen LogP contribution in [0.5, 0.6) is 17.2 Å². The van der Waals surface area contributed by atoms with Crippen molar-refractivity contribution in [2.24, 2.45) is 0 Å². The predicted molar refractivity (Wildman–Crippen MR) is 124 cm³/mol. The lowest BCUT2D eigenvalue weighted by atomic mass is 10.1. The Morgan fingerprint density at radius 2 is 1.88 bits per heavy atom. The molecule has 0 saturated heterocycles. The zero-order valence-corrected chi connectivity index (χ0v) is 19.4. The van der Waals surface area contributed by atoms with Crippen LogP contribution in [-0.2, 0) is 11.4 Å². The first kappa shape index (κ1) is 23.2. The second-order valence-electron chi connectivity index (χ2n) is 7.85. The van der Waals surface area contributed by atoms with Crippen molar-refractivity contribution in [3.8, 4) is 17.2 Å². The summed E-state index contributed by atoms with van der Waals surface area (Å²) >= 11 is 0. The first-order valence-corrected chi connectivity index (χ1v) is 11.1. The van der Waals surface area contributed by atoms with Gasteiger partial charge in [-0.05, 0) is 51.1 Å². The Morgan fingerprint density at radius 3 is 2.62 bits per heavy atom. The van der Waals surface area contributed by atoms with Gasteiger partial charge in [0, 0.05) is 23.9 Å². The van der Waals surface area contributed by atoms with Gasteiger partial charge in [0.25, 0.3) is 5.91 Å². The topological polar surface area (TPSA) is 103 Å². The number of nitrogens with zero attached hydrogens (tertiary/aromatic N) is 2. The molecule has 2 aromatic carbocycles. The minimum Gasteiger partial charge on any atom is -0.489 e. The summed E-state index contributed by atoms with van der Waals surface area (Å²) in [5.41, 5.74) is 2.66. The molecular formula is C25H27N3O6. The summed E-state index contributed by atoms with van der Waals surface area (Å²) in [6.07, 6.45) is 0. The van der Waals surface area contributed by atoms with Crippen molar-refractivity contribution in [2.45, 2.75) is 27.4 Å². The van der Waals surface area contributed by atoms with Gasteiger partial charge in [0.1, 0.15) is 37.9 Å². The number of rotatable bonds is 8. The maximum absolute atomic E-state index is 13.1. The number of carbonyl (C=O) groups excluding carboxylic acids is 2. The van der Waals surface area contributed by atoms with E-state index in [1.807, 2.05) is 20.8 Å². The number of fused-ring (bicyclic) bond motifs is 1. The van der Waals surface area contributed by atoms with Crippen LogP contribution in [0.1, 0.15) is 34.3 Å². The number of aromatic nitrogens is 1. The molecule has 0 saturated carbocycles. The van der Waals surface area contributed by atoms with Crippen molar-refractivity contribution >= 4 is 17.5 Å². The number of anilines is 1. The molecule has 0 spiro atoms. The first-order chi connectivity index (χ1) is 16.4. The largest absolute Gasteiger partial charge is 0.489 e. The Bertz CT molecular complexity index is 1170. The highest BCUT2D eigenvalue weighted by molar-refractivity contribution is 5.99. The number of hydrogen-bond acceptors (Lipinski definition) is 7. The molecular weight excluding hydrogens is 438 g/mol. The van der Waals surface area contributed by atoms with Crippen molar-refractivity contribution in [1.29, 1.82) is 0 Å². The van der Waals surface area contributed by atoms with Crippen LogP contribution in [0.3, 0.4) is 0 Å². The summed E-state index contributed by atoms with van der Waals surface area (Å²) in [6, 6.07) is 12.1. The number of hydrogen-bond donors (Lipinski definition) is 1. The summed E-state index contributed by atoms with van der Waals surface area (Å²) in [4.78, 5) is 27.2. The molecule has 0 radical (unpaired) electrons.